The van der Waals surface area contributed by atoms with E-state index in [0.29, 0.717) is 5.78 Å². The SMILES string of the molecule is CC=CCC1C(=O)c2ccccc2CC1c1ccccc1. The number of hydrogen-bond donors (Lipinski definition) is 0. The smallest absolute Gasteiger partial charge is 0.167 e. The summed E-state index contributed by atoms with van der Waals surface area (Å²) in [7, 11) is 0. The molecule has 0 heterocycles. The van der Waals surface area contributed by atoms with Gasteiger partial charge in [0.2, 0.25) is 0 Å². The predicted molar refractivity (Wildman–Crippen MR) is 86.6 cm³/mol. The van der Waals surface area contributed by atoms with Crippen molar-refractivity contribution in [2.45, 2.75) is 25.7 Å². The molecule has 1 aliphatic rings. The van der Waals surface area contributed by atoms with Crippen LogP contribution in [0.5, 0.6) is 0 Å². The van der Waals surface area contributed by atoms with Gasteiger partial charge in [-0.15, -0.1) is 0 Å². The highest BCUT2D eigenvalue weighted by Crippen LogP contribution is 2.38. The summed E-state index contributed by atoms with van der Waals surface area (Å²) in [6, 6.07) is 18.5. The Kier molecular flexibility index (Phi) is 4.01. The topological polar surface area (TPSA) is 17.1 Å². The normalized spacial score (nSPS) is 21.5. The van der Waals surface area contributed by atoms with E-state index in [4.69, 9.17) is 0 Å². The Morgan fingerprint density at radius 1 is 1.05 bits per heavy atom. The molecule has 0 amide bonds. The molecule has 1 heteroatoms. The van der Waals surface area contributed by atoms with Gasteiger partial charge in [0.1, 0.15) is 0 Å². The first kappa shape index (κ1) is 13.8. The van der Waals surface area contributed by atoms with Gasteiger partial charge in [-0.05, 0) is 36.8 Å². The molecule has 0 spiro atoms. The van der Waals surface area contributed by atoms with Crippen LogP contribution in [0.2, 0.25) is 0 Å². The van der Waals surface area contributed by atoms with E-state index in [1.807, 2.05) is 37.3 Å². The van der Waals surface area contributed by atoms with Crippen molar-refractivity contribution in [3.63, 3.8) is 0 Å². The number of carbonyl (C=O) groups excluding carboxylic acids is 1. The minimum Gasteiger partial charge on any atom is -0.294 e. The zero-order valence-corrected chi connectivity index (χ0v) is 12.3. The van der Waals surface area contributed by atoms with E-state index in [2.05, 4.69) is 36.4 Å². The van der Waals surface area contributed by atoms with E-state index in [-0.39, 0.29) is 11.8 Å². The largest absolute Gasteiger partial charge is 0.294 e. The highest BCUT2D eigenvalue weighted by atomic mass is 16.1. The summed E-state index contributed by atoms with van der Waals surface area (Å²) in [6.45, 7) is 2.01. The molecular formula is C20H20O. The molecule has 0 fully saturated rings. The van der Waals surface area contributed by atoms with Gasteiger partial charge in [0.05, 0.1) is 0 Å². The Hall–Kier alpha value is -2.15. The molecule has 2 atom stereocenters. The Bertz CT molecular complexity index is 655. The van der Waals surface area contributed by atoms with Gasteiger partial charge in [-0.2, -0.15) is 0 Å². The third-order valence-electron chi connectivity index (χ3n) is 4.40. The first-order valence-electron chi connectivity index (χ1n) is 7.59. The average molecular weight is 276 g/mol. The van der Waals surface area contributed by atoms with Crippen molar-refractivity contribution in [3.05, 3.63) is 83.4 Å². The van der Waals surface area contributed by atoms with Crippen LogP contribution in [0.15, 0.2) is 66.7 Å². The molecule has 2 unspecified atom stereocenters. The molecule has 1 nitrogen and oxygen atoms in total. The van der Waals surface area contributed by atoms with Gasteiger partial charge in [-0.1, -0.05) is 66.7 Å². The van der Waals surface area contributed by atoms with Crippen LogP contribution in [0.25, 0.3) is 0 Å². The van der Waals surface area contributed by atoms with Crippen LogP contribution in [0.4, 0.5) is 0 Å². The lowest BCUT2D eigenvalue weighted by molar-refractivity contribution is 0.0886. The molecule has 0 aliphatic heterocycles. The summed E-state index contributed by atoms with van der Waals surface area (Å²) in [5.41, 5.74) is 3.38. The van der Waals surface area contributed by atoms with Crippen LogP contribution in [0.1, 0.15) is 40.7 Å². The first-order valence-corrected chi connectivity index (χ1v) is 7.59. The maximum atomic E-state index is 12.9. The van der Waals surface area contributed by atoms with E-state index in [9.17, 15) is 4.79 Å². The lowest BCUT2D eigenvalue weighted by Crippen LogP contribution is -2.29. The maximum Gasteiger partial charge on any atom is 0.167 e. The zero-order valence-electron chi connectivity index (χ0n) is 12.3. The minimum atomic E-state index is 0.0542. The molecule has 2 aromatic rings. The van der Waals surface area contributed by atoms with Gasteiger partial charge in [-0.3, -0.25) is 4.79 Å². The van der Waals surface area contributed by atoms with Crippen molar-refractivity contribution in [1.29, 1.82) is 0 Å². The number of hydrogen-bond acceptors (Lipinski definition) is 1. The van der Waals surface area contributed by atoms with Crippen molar-refractivity contribution in [2.75, 3.05) is 0 Å². The van der Waals surface area contributed by atoms with Gasteiger partial charge < -0.3 is 0 Å². The van der Waals surface area contributed by atoms with Crippen LogP contribution in [-0.4, -0.2) is 5.78 Å². The number of rotatable bonds is 3. The van der Waals surface area contributed by atoms with Gasteiger partial charge >= 0.3 is 0 Å². The number of allylic oxidation sites excluding steroid dienone is 2. The summed E-state index contributed by atoms with van der Waals surface area (Å²) >= 11 is 0. The monoisotopic (exact) mass is 276 g/mol. The molecule has 0 bridgehead atoms. The van der Waals surface area contributed by atoms with Crippen LogP contribution in [0, 0.1) is 5.92 Å². The Morgan fingerprint density at radius 3 is 2.52 bits per heavy atom. The van der Waals surface area contributed by atoms with Gasteiger partial charge in [0, 0.05) is 11.5 Å². The molecule has 21 heavy (non-hydrogen) atoms. The van der Waals surface area contributed by atoms with Crippen LogP contribution < -0.4 is 0 Å². The molecule has 3 rings (SSSR count). The molecule has 0 radical (unpaired) electrons. The summed E-state index contributed by atoms with van der Waals surface area (Å²) in [6.07, 6.45) is 5.93. The minimum absolute atomic E-state index is 0.0542. The van der Waals surface area contributed by atoms with Crippen molar-refractivity contribution in [3.8, 4) is 0 Å². The Morgan fingerprint density at radius 2 is 1.76 bits per heavy atom. The number of Topliss-reactive ketones (excluding diaryl/α,β-unsaturated/α-hetero) is 1. The van der Waals surface area contributed by atoms with Crippen LogP contribution >= 0.6 is 0 Å². The number of fused-ring (bicyclic) bond motifs is 1. The number of carbonyl (C=O) groups is 1. The van der Waals surface area contributed by atoms with Crippen LogP contribution in [-0.2, 0) is 6.42 Å². The van der Waals surface area contributed by atoms with Crippen LogP contribution in [0.3, 0.4) is 0 Å². The Labute approximate surface area is 126 Å². The predicted octanol–water partition coefficient (Wildman–Crippen LogP) is 4.79. The van der Waals surface area contributed by atoms with Gasteiger partial charge in [0.25, 0.3) is 0 Å². The summed E-state index contributed by atoms with van der Waals surface area (Å²) in [4.78, 5) is 12.9. The fourth-order valence-corrected chi connectivity index (χ4v) is 3.30. The van der Waals surface area contributed by atoms with Crippen molar-refractivity contribution >= 4 is 5.78 Å². The number of benzene rings is 2. The third kappa shape index (κ3) is 2.69. The quantitative estimate of drug-likeness (QED) is 0.736. The summed E-state index contributed by atoms with van der Waals surface area (Å²) in [5.74, 6) is 0.632. The highest BCUT2D eigenvalue weighted by molar-refractivity contribution is 6.01. The lowest BCUT2D eigenvalue weighted by atomic mass is 9.70. The second-order valence-electron chi connectivity index (χ2n) is 5.65. The lowest BCUT2D eigenvalue weighted by Gasteiger charge is -2.31. The second-order valence-corrected chi connectivity index (χ2v) is 5.65. The maximum absolute atomic E-state index is 12.9. The van der Waals surface area contributed by atoms with E-state index in [1.54, 1.807) is 0 Å². The van der Waals surface area contributed by atoms with Gasteiger partial charge in [0.15, 0.2) is 5.78 Å². The molecule has 0 N–H and O–H groups in total. The molecule has 0 saturated carbocycles. The van der Waals surface area contributed by atoms with Crippen molar-refractivity contribution in [2.24, 2.45) is 5.92 Å². The van der Waals surface area contributed by atoms with E-state index in [1.165, 1.54) is 11.1 Å². The summed E-state index contributed by atoms with van der Waals surface area (Å²) in [5, 5.41) is 0. The molecule has 1 aliphatic carbocycles. The molecule has 0 saturated heterocycles. The second kappa shape index (κ2) is 6.09. The Balaban J connectivity index is 2.03. The third-order valence-corrected chi connectivity index (χ3v) is 4.40. The first-order chi connectivity index (χ1) is 10.3. The van der Waals surface area contributed by atoms with E-state index >= 15 is 0 Å². The molecule has 0 aromatic heterocycles. The van der Waals surface area contributed by atoms with Gasteiger partial charge in [-0.25, -0.2) is 0 Å². The summed E-state index contributed by atoms with van der Waals surface area (Å²) < 4.78 is 0. The fraction of sp³-hybridized carbons (Fsp3) is 0.250. The van der Waals surface area contributed by atoms with E-state index < -0.39 is 0 Å². The van der Waals surface area contributed by atoms with Crippen molar-refractivity contribution < 1.29 is 4.79 Å². The standard InChI is InChI=1S/C20H20O/c1-2-3-12-18-19(15-9-5-4-6-10-15)14-16-11-7-8-13-17(16)20(18)21/h2-11,13,18-19H,12,14H2,1H3. The number of ketones is 1. The van der Waals surface area contributed by atoms with E-state index in [0.717, 1.165) is 18.4 Å². The molecule has 2 aromatic carbocycles. The highest BCUT2D eigenvalue weighted by Gasteiger charge is 2.35. The molecular weight excluding hydrogens is 256 g/mol. The average Bonchev–Trinajstić information content (AvgIpc) is 2.55. The zero-order chi connectivity index (χ0) is 14.7. The molecule has 106 valence electrons. The fourth-order valence-electron chi connectivity index (χ4n) is 3.30. The van der Waals surface area contributed by atoms with Crippen molar-refractivity contribution in [1.82, 2.24) is 0 Å².